The van der Waals surface area contributed by atoms with Gasteiger partial charge in [-0.2, -0.15) is 0 Å². The number of halogens is 1. The van der Waals surface area contributed by atoms with Crippen molar-refractivity contribution >= 4 is 17.7 Å². The normalized spacial score (nSPS) is 18.1. The molecule has 6 nitrogen and oxygen atoms in total. The van der Waals surface area contributed by atoms with Crippen molar-refractivity contribution < 1.29 is 24.2 Å². The van der Waals surface area contributed by atoms with Crippen molar-refractivity contribution in [3.05, 3.63) is 29.6 Å². The maximum Gasteiger partial charge on any atom is 0.337 e. The van der Waals surface area contributed by atoms with Gasteiger partial charge in [0.1, 0.15) is 5.82 Å². The van der Waals surface area contributed by atoms with Gasteiger partial charge in [0.15, 0.2) is 0 Å². The zero-order valence-electron chi connectivity index (χ0n) is 10.7. The number of nitrogens with one attached hydrogen (secondary N) is 1. The van der Waals surface area contributed by atoms with Crippen LogP contribution in [0.5, 0.6) is 0 Å². The molecule has 0 saturated carbocycles. The summed E-state index contributed by atoms with van der Waals surface area (Å²) in [6.07, 6.45) is 1.46. The number of aliphatic hydroxyl groups excluding tert-OH is 1. The molecule has 7 heteroatoms. The molecule has 0 radical (unpaired) electrons. The van der Waals surface area contributed by atoms with Gasteiger partial charge in [-0.3, -0.25) is 0 Å². The molecule has 2 amide bonds. The van der Waals surface area contributed by atoms with Crippen LogP contribution < -0.4 is 5.32 Å². The Kier molecular flexibility index (Phi) is 4.19. The number of carboxylic acids is 1. The number of carboxylic acid groups (broad SMARTS) is 1. The van der Waals surface area contributed by atoms with Gasteiger partial charge in [0, 0.05) is 6.54 Å². The molecule has 1 atom stereocenters. The smallest absolute Gasteiger partial charge is 0.337 e. The Morgan fingerprint density at radius 2 is 2.20 bits per heavy atom. The van der Waals surface area contributed by atoms with Gasteiger partial charge in [-0.05, 0) is 31.0 Å². The molecule has 20 heavy (non-hydrogen) atoms. The predicted octanol–water partition coefficient (Wildman–Crippen LogP) is 1.51. The number of aliphatic hydroxyl groups is 1. The van der Waals surface area contributed by atoms with Gasteiger partial charge >= 0.3 is 12.0 Å². The van der Waals surface area contributed by atoms with Crippen molar-refractivity contribution in [3.63, 3.8) is 0 Å². The second kappa shape index (κ2) is 5.87. The third-order valence-electron chi connectivity index (χ3n) is 3.30. The predicted molar refractivity (Wildman–Crippen MR) is 69.2 cm³/mol. The lowest BCUT2D eigenvalue weighted by Gasteiger charge is -2.23. The molecule has 0 bridgehead atoms. The standard InChI is InChI=1S/C13H15FN2O4/c14-8-3-4-10(12(18)19)11(6-8)15-13(20)16-5-1-2-9(16)7-17/h3-4,6,9,17H,1-2,5,7H2,(H,15,20)(H,18,19). The Morgan fingerprint density at radius 1 is 1.45 bits per heavy atom. The van der Waals surface area contributed by atoms with Crippen molar-refractivity contribution in [2.45, 2.75) is 18.9 Å². The Hall–Kier alpha value is -2.15. The molecule has 108 valence electrons. The lowest BCUT2D eigenvalue weighted by Crippen LogP contribution is -2.40. The largest absolute Gasteiger partial charge is 0.478 e. The lowest BCUT2D eigenvalue weighted by atomic mass is 10.1. The summed E-state index contributed by atoms with van der Waals surface area (Å²) in [6.45, 7) is 0.330. The zero-order chi connectivity index (χ0) is 14.7. The van der Waals surface area contributed by atoms with Crippen LogP contribution in [-0.4, -0.2) is 46.3 Å². The molecule has 1 heterocycles. The Morgan fingerprint density at radius 3 is 2.85 bits per heavy atom. The highest BCUT2D eigenvalue weighted by atomic mass is 19.1. The number of hydrogen-bond donors (Lipinski definition) is 3. The maximum absolute atomic E-state index is 13.2. The van der Waals surface area contributed by atoms with E-state index in [2.05, 4.69) is 5.32 Å². The van der Waals surface area contributed by atoms with E-state index in [-0.39, 0.29) is 23.9 Å². The number of carbonyl (C=O) groups excluding carboxylic acids is 1. The molecular weight excluding hydrogens is 267 g/mol. The van der Waals surface area contributed by atoms with Crippen LogP contribution in [0.2, 0.25) is 0 Å². The second-order valence-electron chi connectivity index (χ2n) is 4.60. The van der Waals surface area contributed by atoms with Gasteiger partial charge in [-0.1, -0.05) is 0 Å². The van der Waals surface area contributed by atoms with Crippen LogP contribution >= 0.6 is 0 Å². The Bertz CT molecular complexity index is 535. The fourth-order valence-electron chi connectivity index (χ4n) is 2.29. The molecule has 1 saturated heterocycles. The number of benzene rings is 1. The molecule has 1 aromatic carbocycles. The molecule has 1 aromatic rings. The van der Waals surface area contributed by atoms with E-state index in [1.165, 1.54) is 4.90 Å². The van der Waals surface area contributed by atoms with Gasteiger partial charge in [0.2, 0.25) is 0 Å². The number of carbonyl (C=O) groups is 2. The summed E-state index contributed by atoms with van der Waals surface area (Å²) in [6, 6.07) is 2.27. The highest BCUT2D eigenvalue weighted by Crippen LogP contribution is 2.21. The first kappa shape index (κ1) is 14.3. The molecule has 1 fully saturated rings. The number of aromatic carboxylic acids is 1. The van der Waals surface area contributed by atoms with Crippen LogP contribution in [0, 0.1) is 5.82 Å². The molecule has 0 spiro atoms. The van der Waals surface area contributed by atoms with E-state index >= 15 is 0 Å². The minimum Gasteiger partial charge on any atom is -0.478 e. The van der Waals surface area contributed by atoms with E-state index in [1.54, 1.807) is 0 Å². The van der Waals surface area contributed by atoms with E-state index in [9.17, 15) is 14.0 Å². The number of nitrogens with zero attached hydrogens (tertiary/aromatic N) is 1. The third kappa shape index (κ3) is 2.88. The summed E-state index contributed by atoms with van der Waals surface area (Å²) in [7, 11) is 0. The number of amides is 2. The minimum atomic E-state index is -1.25. The SMILES string of the molecule is O=C(O)c1ccc(F)cc1NC(=O)N1CCCC1CO. The number of anilines is 1. The Labute approximate surface area is 114 Å². The summed E-state index contributed by atoms with van der Waals surface area (Å²) in [5.74, 6) is -1.88. The topological polar surface area (TPSA) is 89.9 Å². The van der Waals surface area contributed by atoms with Crippen molar-refractivity contribution in [2.75, 3.05) is 18.5 Å². The molecule has 3 N–H and O–H groups in total. The van der Waals surface area contributed by atoms with Crippen LogP contribution in [0.25, 0.3) is 0 Å². The van der Waals surface area contributed by atoms with Crippen LogP contribution in [-0.2, 0) is 0 Å². The lowest BCUT2D eigenvalue weighted by molar-refractivity contribution is 0.0698. The van der Waals surface area contributed by atoms with Gasteiger partial charge < -0.3 is 20.4 Å². The van der Waals surface area contributed by atoms with E-state index in [0.717, 1.165) is 24.6 Å². The number of likely N-dealkylation sites (tertiary alicyclic amines) is 1. The fourth-order valence-corrected chi connectivity index (χ4v) is 2.29. The van der Waals surface area contributed by atoms with Crippen LogP contribution in [0.3, 0.4) is 0 Å². The molecule has 1 aliphatic heterocycles. The zero-order valence-corrected chi connectivity index (χ0v) is 10.7. The minimum absolute atomic E-state index is 0.0916. The molecule has 2 rings (SSSR count). The summed E-state index contributed by atoms with van der Waals surface area (Å²) < 4.78 is 13.2. The third-order valence-corrected chi connectivity index (χ3v) is 3.30. The highest BCUT2D eigenvalue weighted by Gasteiger charge is 2.28. The van der Waals surface area contributed by atoms with Gasteiger partial charge in [0.25, 0.3) is 0 Å². The summed E-state index contributed by atoms with van der Waals surface area (Å²) in [5.41, 5.74) is -0.273. The second-order valence-corrected chi connectivity index (χ2v) is 4.60. The van der Waals surface area contributed by atoms with Gasteiger partial charge in [-0.25, -0.2) is 14.0 Å². The molecular formula is C13H15FN2O4. The first-order chi connectivity index (χ1) is 9.52. The molecule has 1 aliphatic rings. The van der Waals surface area contributed by atoms with Gasteiger partial charge in [0.05, 0.1) is 23.9 Å². The maximum atomic E-state index is 13.2. The van der Waals surface area contributed by atoms with Crippen molar-refractivity contribution in [1.29, 1.82) is 0 Å². The van der Waals surface area contributed by atoms with E-state index in [1.807, 2.05) is 0 Å². The number of urea groups is 1. The summed E-state index contributed by atoms with van der Waals surface area (Å²) in [5, 5.41) is 20.6. The molecule has 1 unspecified atom stereocenters. The summed E-state index contributed by atoms with van der Waals surface area (Å²) in [4.78, 5) is 24.5. The number of hydrogen-bond acceptors (Lipinski definition) is 3. The van der Waals surface area contributed by atoms with Crippen LogP contribution in [0.15, 0.2) is 18.2 Å². The van der Waals surface area contributed by atoms with E-state index in [0.29, 0.717) is 13.0 Å². The summed E-state index contributed by atoms with van der Waals surface area (Å²) >= 11 is 0. The van der Waals surface area contributed by atoms with E-state index < -0.39 is 17.8 Å². The average Bonchev–Trinajstić information content (AvgIpc) is 2.86. The van der Waals surface area contributed by atoms with Crippen molar-refractivity contribution in [2.24, 2.45) is 0 Å². The van der Waals surface area contributed by atoms with Crippen LogP contribution in [0.1, 0.15) is 23.2 Å². The quantitative estimate of drug-likeness (QED) is 0.784. The first-order valence-corrected chi connectivity index (χ1v) is 6.24. The Balaban J connectivity index is 2.19. The monoisotopic (exact) mass is 282 g/mol. The average molecular weight is 282 g/mol. The van der Waals surface area contributed by atoms with Gasteiger partial charge in [-0.15, -0.1) is 0 Å². The first-order valence-electron chi connectivity index (χ1n) is 6.24. The number of rotatable bonds is 3. The highest BCUT2D eigenvalue weighted by molar-refractivity contribution is 6.00. The van der Waals surface area contributed by atoms with Crippen molar-refractivity contribution in [3.8, 4) is 0 Å². The van der Waals surface area contributed by atoms with Crippen LogP contribution in [0.4, 0.5) is 14.9 Å². The van der Waals surface area contributed by atoms with E-state index in [4.69, 9.17) is 10.2 Å². The molecule has 0 aromatic heterocycles. The van der Waals surface area contributed by atoms with Crippen molar-refractivity contribution in [1.82, 2.24) is 4.90 Å². The molecule has 0 aliphatic carbocycles. The fraction of sp³-hybridized carbons (Fsp3) is 0.385.